The smallest absolute Gasteiger partial charge is 0.257 e. The number of carbonyl (C=O) groups excluding carboxylic acids is 1. The lowest BCUT2D eigenvalue weighted by Crippen LogP contribution is -2.36. The molecule has 0 aromatic carbocycles. The highest BCUT2D eigenvalue weighted by molar-refractivity contribution is 6.17. The van der Waals surface area contributed by atoms with Crippen LogP contribution in [-0.2, 0) is 0 Å². The van der Waals surface area contributed by atoms with Crippen molar-refractivity contribution in [3.05, 3.63) is 22.6 Å². The Morgan fingerprint density at radius 1 is 1.37 bits per heavy atom. The largest absolute Gasteiger partial charge is 0.466 e. The molecule has 1 aliphatic rings. The SMILES string of the molecule is Cc1oc(C)c(C(=O)N2CCCC2CCCCl)c1C. The van der Waals surface area contributed by atoms with Crippen molar-refractivity contribution in [3.8, 4) is 0 Å². The van der Waals surface area contributed by atoms with Gasteiger partial charge in [0.25, 0.3) is 5.91 Å². The molecule has 0 aliphatic carbocycles. The van der Waals surface area contributed by atoms with Crippen LogP contribution in [0.4, 0.5) is 0 Å². The maximum absolute atomic E-state index is 12.7. The molecule has 1 atom stereocenters. The summed E-state index contributed by atoms with van der Waals surface area (Å²) in [7, 11) is 0. The molecule has 2 rings (SSSR count). The van der Waals surface area contributed by atoms with Crippen LogP contribution >= 0.6 is 11.6 Å². The van der Waals surface area contributed by atoms with E-state index in [4.69, 9.17) is 16.0 Å². The number of aryl methyl sites for hydroxylation is 2. The van der Waals surface area contributed by atoms with Crippen LogP contribution in [0.3, 0.4) is 0 Å². The van der Waals surface area contributed by atoms with Gasteiger partial charge < -0.3 is 9.32 Å². The third-order valence-electron chi connectivity index (χ3n) is 4.08. The van der Waals surface area contributed by atoms with Gasteiger partial charge in [0.2, 0.25) is 0 Å². The van der Waals surface area contributed by atoms with Crippen LogP contribution in [0.1, 0.15) is 53.1 Å². The number of amides is 1. The van der Waals surface area contributed by atoms with Crippen LogP contribution < -0.4 is 0 Å². The van der Waals surface area contributed by atoms with Crippen LogP contribution in [0.25, 0.3) is 0 Å². The summed E-state index contributed by atoms with van der Waals surface area (Å²) in [6.07, 6.45) is 4.16. The average molecular weight is 284 g/mol. The van der Waals surface area contributed by atoms with E-state index < -0.39 is 0 Å². The molecule has 19 heavy (non-hydrogen) atoms. The highest BCUT2D eigenvalue weighted by atomic mass is 35.5. The molecule has 1 aromatic heterocycles. The molecule has 1 aliphatic heterocycles. The molecule has 0 saturated carbocycles. The minimum atomic E-state index is 0.129. The van der Waals surface area contributed by atoms with Crippen molar-refractivity contribution in [3.63, 3.8) is 0 Å². The molecule has 0 radical (unpaired) electrons. The predicted molar refractivity (Wildman–Crippen MR) is 76.9 cm³/mol. The van der Waals surface area contributed by atoms with Crippen LogP contribution in [0.2, 0.25) is 0 Å². The zero-order valence-corrected chi connectivity index (χ0v) is 12.7. The molecule has 0 bridgehead atoms. The fraction of sp³-hybridized carbons (Fsp3) is 0.667. The minimum Gasteiger partial charge on any atom is -0.466 e. The van der Waals surface area contributed by atoms with Gasteiger partial charge in [-0.3, -0.25) is 4.79 Å². The van der Waals surface area contributed by atoms with Crippen LogP contribution in [0.15, 0.2) is 4.42 Å². The Morgan fingerprint density at radius 2 is 2.11 bits per heavy atom. The van der Waals surface area contributed by atoms with Gasteiger partial charge >= 0.3 is 0 Å². The third kappa shape index (κ3) is 2.81. The monoisotopic (exact) mass is 283 g/mol. The van der Waals surface area contributed by atoms with Crippen LogP contribution in [0, 0.1) is 20.8 Å². The Labute approximate surface area is 119 Å². The highest BCUT2D eigenvalue weighted by Gasteiger charge is 2.31. The second-order valence-corrected chi connectivity index (χ2v) is 5.72. The van der Waals surface area contributed by atoms with Gasteiger partial charge in [-0.25, -0.2) is 0 Å². The number of furan rings is 1. The van der Waals surface area contributed by atoms with Gasteiger partial charge in [0.05, 0.1) is 5.56 Å². The Kier molecular flexibility index (Phi) is 4.56. The Hall–Kier alpha value is -0.960. The lowest BCUT2D eigenvalue weighted by Gasteiger charge is -2.24. The highest BCUT2D eigenvalue weighted by Crippen LogP contribution is 2.28. The van der Waals surface area contributed by atoms with Gasteiger partial charge in [0.15, 0.2) is 0 Å². The Balaban J connectivity index is 2.18. The molecule has 0 spiro atoms. The topological polar surface area (TPSA) is 33.5 Å². The number of hydrogen-bond donors (Lipinski definition) is 0. The summed E-state index contributed by atoms with van der Waals surface area (Å²) in [5.74, 6) is 2.38. The van der Waals surface area contributed by atoms with E-state index in [0.29, 0.717) is 11.9 Å². The maximum atomic E-state index is 12.7. The molecule has 1 unspecified atom stereocenters. The molecule has 2 heterocycles. The van der Waals surface area contributed by atoms with Crippen LogP contribution in [-0.4, -0.2) is 29.3 Å². The van der Waals surface area contributed by atoms with E-state index >= 15 is 0 Å². The first-order chi connectivity index (χ1) is 9.06. The Morgan fingerprint density at radius 3 is 2.68 bits per heavy atom. The number of likely N-dealkylation sites (tertiary alicyclic amines) is 1. The molecule has 1 saturated heterocycles. The fourth-order valence-electron chi connectivity index (χ4n) is 2.97. The summed E-state index contributed by atoms with van der Waals surface area (Å²) >= 11 is 5.76. The first-order valence-electron chi connectivity index (χ1n) is 6.99. The predicted octanol–water partition coefficient (Wildman–Crippen LogP) is 3.83. The second kappa shape index (κ2) is 6.00. The average Bonchev–Trinajstić information content (AvgIpc) is 2.92. The quantitative estimate of drug-likeness (QED) is 0.787. The Bertz CT molecular complexity index is 467. The summed E-state index contributed by atoms with van der Waals surface area (Å²) in [5, 5.41) is 0. The standard InChI is InChI=1S/C15H22ClNO2/c1-10-11(2)19-12(3)14(10)15(18)17-9-5-7-13(17)6-4-8-16/h13H,4-9H2,1-3H3. The third-order valence-corrected chi connectivity index (χ3v) is 4.35. The van der Waals surface area contributed by atoms with Gasteiger partial charge in [0.1, 0.15) is 11.5 Å². The van der Waals surface area contributed by atoms with E-state index in [2.05, 4.69) is 0 Å². The molecule has 4 heteroatoms. The first kappa shape index (κ1) is 14.4. The number of alkyl halides is 1. The molecule has 3 nitrogen and oxygen atoms in total. The van der Waals surface area contributed by atoms with Gasteiger partial charge in [-0.2, -0.15) is 0 Å². The van der Waals surface area contributed by atoms with Crippen molar-refractivity contribution in [2.75, 3.05) is 12.4 Å². The lowest BCUT2D eigenvalue weighted by molar-refractivity contribution is 0.0727. The van der Waals surface area contributed by atoms with E-state index in [9.17, 15) is 4.79 Å². The molecule has 0 N–H and O–H groups in total. The molecular formula is C15H22ClNO2. The molecule has 1 aromatic rings. The fourth-order valence-corrected chi connectivity index (χ4v) is 3.12. The normalized spacial score (nSPS) is 19.2. The maximum Gasteiger partial charge on any atom is 0.257 e. The van der Waals surface area contributed by atoms with E-state index in [1.165, 1.54) is 0 Å². The number of hydrogen-bond acceptors (Lipinski definition) is 2. The molecular weight excluding hydrogens is 262 g/mol. The molecule has 1 amide bonds. The second-order valence-electron chi connectivity index (χ2n) is 5.34. The van der Waals surface area contributed by atoms with Crippen molar-refractivity contribution in [1.29, 1.82) is 0 Å². The van der Waals surface area contributed by atoms with Crippen molar-refractivity contribution in [2.45, 2.75) is 52.5 Å². The molecule has 106 valence electrons. The zero-order chi connectivity index (χ0) is 14.0. The van der Waals surface area contributed by atoms with Gasteiger partial charge in [-0.15, -0.1) is 11.6 Å². The summed E-state index contributed by atoms with van der Waals surface area (Å²) in [4.78, 5) is 14.7. The zero-order valence-electron chi connectivity index (χ0n) is 12.0. The first-order valence-corrected chi connectivity index (χ1v) is 7.53. The lowest BCUT2D eigenvalue weighted by atomic mass is 10.1. The van der Waals surface area contributed by atoms with Gasteiger partial charge in [0, 0.05) is 24.0 Å². The number of halogens is 1. The van der Waals surface area contributed by atoms with E-state index in [-0.39, 0.29) is 5.91 Å². The summed E-state index contributed by atoms with van der Waals surface area (Å²) in [6.45, 7) is 6.60. The van der Waals surface area contributed by atoms with Gasteiger partial charge in [-0.1, -0.05) is 0 Å². The van der Waals surface area contributed by atoms with E-state index in [0.717, 1.165) is 54.9 Å². The summed E-state index contributed by atoms with van der Waals surface area (Å²) < 4.78 is 5.57. The summed E-state index contributed by atoms with van der Waals surface area (Å²) in [5.41, 5.74) is 1.74. The number of carbonyl (C=O) groups is 1. The van der Waals surface area contributed by atoms with E-state index in [1.807, 2.05) is 25.7 Å². The number of nitrogens with zero attached hydrogens (tertiary/aromatic N) is 1. The van der Waals surface area contributed by atoms with Crippen LogP contribution in [0.5, 0.6) is 0 Å². The van der Waals surface area contributed by atoms with Crippen molar-refractivity contribution in [1.82, 2.24) is 4.90 Å². The molecule has 1 fully saturated rings. The van der Waals surface area contributed by atoms with Crippen molar-refractivity contribution >= 4 is 17.5 Å². The van der Waals surface area contributed by atoms with Crippen molar-refractivity contribution < 1.29 is 9.21 Å². The van der Waals surface area contributed by atoms with Crippen molar-refractivity contribution in [2.24, 2.45) is 0 Å². The summed E-state index contributed by atoms with van der Waals surface area (Å²) in [6, 6.07) is 0.347. The van der Waals surface area contributed by atoms with E-state index in [1.54, 1.807) is 0 Å². The number of rotatable bonds is 4. The minimum absolute atomic E-state index is 0.129. The van der Waals surface area contributed by atoms with Gasteiger partial charge in [-0.05, 0) is 46.5 Å².